The lowest BCUT2D eigenvalue weighted by molar-refractivity contribution is -0.119. The van der Waals surface area contributed by atoms with Gasteiger partial charge in [-0.25, -0.2) is 13.4 Å². The molecule has 0 bridgehead atoms. The minimum absolute atomic E-state index is 0.0737. The maximum absolute atomic E-state index is 13.0. The quantitative estimate of drug-likeness (QED) is 0.798. The van der Waals surface area contributed by atoms with E-state index in [0.29, 0.717) is 31.0 Å². The number of nitrogens with one attached hydrogen (secondary N) is 1. The van der Waals surface area contributed by atoms with E-state index >= 15 is 0 Å². The van der Waals surface area contributed by atoms with Crippen molar-refractivity contribution in [3.8, 4) is 0 Å². The Morgan fingerprint density at radius 2 is 2.00 bits per heavy atom. The highest BCUT2D eigenvalue weighted by Gasteiger charge is 2.31. The average Bonchev–Trinajstić information content (AvgIpc) is 3.15. The monoisotopic (exact) mass is 407 g/mol. The highest BCUT2D eigenvalue weighted by molar-refractivity contribution is 7.89. The van der Waals surface area contributed by atoms with Gasteiger partial charge in [-0.3, -0.25) is 4.79 Å². The smallest absolute Gasteiger partial charge is 0.243 e. The van der Waals surface area contributed by atoms with E-state index in [1.165, 1.54) is 6.92 Å². The zero-order chi connectivity index (χ0) is 19.4. The molecule has 1 amide bonds. The number of rotatable bonds is 6. The van der Waals surface area contributed by atoms with E-state index < -0.39 is 10.0 Å². The van der Waals surface area contributed by atoms with Gasteiger partial charge in [-0.15, -0.1) is 11.3 Å². The van der Waals surface area contributed by atoms with Crippen molar-refractivity contribution in [1.29, 1.82) is 0 Å². The average molecular weight is 408 g/mol. The number of hydrogen-bond donors (Lipinski definition) is 1. The number of sulfonamides is 1. The lowest BCUT2D eigenvalue weighted by Crippen LogP contribution is -2.38. The molecule has 1 fully saturated rings. The Morgan fingerprint density at radius 1 is 1.30 bits per heavy atom. The van der Waals surface area contributed by atoms with E-state index in [2.05, 4.69) is 10.3 Å². The van der Waals surface area contributed by atoms with Crippen molar-refractivity contribution in [3.05, 3.63) is 45.9 Å². The highest BCUT2D eigenvalue weighted by Crippen LogP contribution is 2.33. The molecule has 27 heavy (non-hydrogen) atoms. The van der Waals surface area contributed by atoms with Crippen LogP contribution in [-0.4, -0.2) is 36.7 Å². The van der Waals surface area contributed by atoms with Gasteiger partial charge in [0.2, 0.25) is 15.9 Å². The summed E-state index contributed by atoms with van der Waals surface area (Å²) < 4.78 is 27.7. The molecule has 0 spiro atoms. The van der Waals surface area contributed by atoms with Gasteiger partial charge in [0.05, 0.1) is 22.1 Å². The second kappa shape index (κ2) is 8.50. The van der Waals surface area contributed by atoms with E-state index in [-0.39, 0.29) is 11.8 Å². The number of piperidine rings is 1. The third-order valence-corrected chi connectivity index (χ3v) is 7.92. The van der Waals surface area contributed by atoms with Crippen LogP contribution in [0.5, 0.6) is 0 Å². The lowest BCUT2D eigenvalue weighted by atomic mass is 9.99. The maximum atomic E-state index is 13.0. The molecule has 1 N–H and O–H groups in total. The third kappa shape index (κ3) is 4.56. The molecule has 0 saturated carbocycles. The first-order valence-corrected chi connectivity index (χ1v) is 11.5. The van der Waals surface area contributed by atoms with Crippen molar-refractivity contribution in [2.24, 2.45) is 0 Å². The molecule has 1 aliphatic heterocycles. The first kappa shape index (κ1) is 20.0. The first-order valence-electron chi connectivity index (χ1n) is 9.18. The SMILES string of the molecule is CCc1ccccc1S(=O)(=O)N1CCC(c2nc(CNC(C)=O)cs2)CC1. The second-order valence-electron chi connectivity index (χ2n) is 6.73. The molecule has 3 rings (SSSR count). The molecular weight excluding hydrogens is 382 g/mol. The summed E-state index contributed by atoms with van der Waals surface area (Å²) >= 11 is 1.59. The predicted octanol–water partition coefficient (Wildman–Crippen LogP) is 2.91. The Morgan fingerprint density at radius 3 is 2.67 bits per heavy atom. The van der Waals surface area contributed by atoms with Gasteiger partial charge in [0.15, 0.2) is 0 Å². The molecule has 2 heterocycles. The van der Waals surface area contributed by atoms with Crippen LogP contribution in [0.25, 0.3) is 0 Å². The predicted molar refractivity (Wildman–Crippen MR) is 106 cm³/mol. The number of nitrogens with zero attached hydrogens (tertiary/aromatic N) is 2. The second-order valence-corrected chi connectivity index (χ2v) is 9.52. The standard InChI is InChI=1S/C19H25N3O3S2/c1-3-15-6-4-5-7-18(15)27(24,25)22-10-8-16(9-11-22)19-21-17(13-26-19)12-20-14(2)23/h4-7,13,16H,3,8-12H2,1-2H3,(H,20,23). The van der Waals surface area contributed by atoms with Crippen LogP contribution in [0.4, 0.5) is 0 Å². The molecule has 1 aromatic carbocycles. The summed E-state index contributed by atoms with van der Waals surface area (Å²) in [4.78, 5) is 16.1. The summed E-state index contributed by atoms with van der Waals surface area (Å²) in [5, 5.41) is 5.74. The van der Waals surface area contributed by atoms with Gasteiger partial charge >= 0.3 is 0 Å². The minimum atomic E-state index is -3.45. The number of aromatic nitrogens is 1. The van der Waals surface area contributed by atoms with E-state index in [1.54, 1.807) is 27.8 Å². The fraction of sp³-hybridized carbons (Fsp3) is 0.474. The number of carbonyl (C=O) groups excluding carboxylic acids is 1. The van der Waals surface area contributed by atoms with Crippen LogP contribution < -0.4 is 5.32 Å². The third-order valence-electron chi connectivity index (χ3n) is 4.86. The highest BCUT2D eigenvalue weighted by atomic mass is 32.2. The van der Waals surface area contributed by atoms with Crippen LogP contribution >= 0.6 is 11.3 Å². The van der Waals surface area contributed by atoms with Gasteiger partial charge in [-0.1, -0.05) is 25.1 Å². The van der Waals surface area contributed by atoms with Crippen LogP contribution in [0.1, 0.15) is 48.9 Å². The molecule has 1 aromatic heterocycles. The van der Waals surface area contributed by atoms with Crippen molar-refractivity contribution < 1.29 is 13.2 Å². The van der Waals surface area contributed by atoms with Crippen molar-refractivity contribution in [2.75, 3.05) is 13.1 Å². The molecular formula is C19H25N3O3S2. The fourth-order valence-corrected chi connectivity index (χ4v) is 6.09. The van der Waals surface area contributed by atoms with Crippen LogP contribution in [0.2, 0.25) is 0 Å². The molecule has 1 saturated heterocycles. The number of amides is 1. The van der Waals surface area contributed by atoms with Crippen molar-refractivity contribution in [3.63, 3.8) is 0 Å². The lowest BCUT2D eigenvalue weighted by Gasteiger charge is -2.30. The van der Waals surface area contributed by atoms with Crippen molar-refractivity contribution in [2.45, 2.75) is 50.5 Å². The molecule has 0 aliphatic carbocycles. The van der Waals surface area contributed by atoms with Crippen LogP contribution in [0.15, 0.2) is 34.5 Å². The molecule has 0 unspecified atom stereocenters. The summed E-state index contributed by atoms with van der Waals surface area (Å²) in [7, 11) is -3.45. The fourth-order valence-electron chi connectivity index (χ4n) is 3.34. The van der Waals surface area contributed by atoms with E-state index in [4.69, 9.17) is 0 Å². The van der Waals surface area contributed by atoms with E-state index in [1.807, 2.05) is 24.4 Å². The Balaban J connectivity index is 1.66. The minimum Gasteiger partial charge on any atom is -0.351 e. The Bertz CT molecular complexity index is 900. The summed E-state index contributed by atoms with van der Waals surface area (Å²) in [6, 6.07) is 7.25. The summed E-state index contributed by atoms with van der Waals surface area (Å²) in [6.07, 6.45) is 2.23. The molecule has 146 valence electrons. The Hall–Kier alpha value is -1.77. The molecule has 1 aliphatic rings. The van der Waals surface area contributed by atoms with Gasteiger partial charge in [-0.05, 0) is 30.9 Å². The summed E-state index contributed by atoms with van der Waals surface area (Å²) in [5.74, 6) is 0.198. The van der Waals surface area contributed by atoms with Crippen LogP contribution in [0.3, 0.4) is 0 Å². The first-order chi connectivity index (χ1) is 12.9. The zero-order valence-corrected chi connectivity index (χ0v) is 17.3. The van der Waals surface area contributed by atoms with Gasteiger partial charge in [0, 0.05) is 31.3 Å². The van der Waals surface area contributed by atoms with Gasteiger partial charge in [-0.2, -0.15) is 4.31 Å². The molecule has 2 aromatic rings. The molecule has 8 heteroatoms. The van der Waals surface area contributed by atoms with Gasteiger partial charge in [0.1, 0.15) is 0 Å². The summed E-state index contributed by atoms with van der Waals surface area (Å²) in [5.41, 5.74) is 1.72. The van der Waals surface area contributed by atoms with Gasteiger partial charge < -0.3 is 5.32 Å². The zero-order valence-electron chi connectivity index (χ0n) is 15.6. The van der Waals surface area contributed by atoms with Crippen molar-refractivity contribution in [1.82, 2.24) is 14.6 Å². The van der Waals surface area contributed by atoms with Crippen LogP contribution in [-0.2, 0) is 27.8 Å². The molecule has 0 atom stereocenters. The number of aryl methyl sites for hydroxylation is 1. The van der Waals surface area contributed by atoms with Gasteiger partial charge in [0.25, 0.3) is 0 Å². The number of carbonyl (C=O) groups is 1. The Labute approximate surface area is 164 Å². The van der Waals surface area contributed by atoms with Crippen LogP contribution in [0, 0.1) is 0 Å². The number of hydrogen-bond acceptors (Lipinski definition) is 5. The maximum Gasteiger partial charge on any atom is 0.243 e. The van der Waals surface area contributed by atoms with E-state index in [9.17, 15) is 13.2 Å². The number of thiazole rings is 1. The summed E-state index contributed by atoms with van der Waals surface area (Å²) in [6.45, 7) is 4.91. The topological polar surface area (TPSA) is 79.4 Å². The normalized spacial score (nSPS) is 16.4. The number of benzene rings is 1. The van der Waals surface area contributed by atoms with E-state index in [0.717, 1.165) is 29.1 Å². The Kier molecular flexibility index (Phi) is 6.29. The largest absolute Gasteiger partial charge is 0.351 e. The van der Waals surface area contributed by atoms with Crippen molar-refractivity contribution >= 4 is 27.3 Å². The molecule has 0 radical (unpaired) electrons. The molecule has 6 nitrogen and oxygen atoms in total.